The van der Waals surface area contributed by atoms with Gasteiger partial charge in [-0.1, -0.05) is 18.2 Å². The summed E-state index contributed by atoms with van der Waals surface area (Å²) in [6.45, 7) is 0.539. The number of benzene rings is 2. The number of hydrogen-bond donors (Lipinski definition) is 1. The number of hydrogen-bond acceptors (Lipinski definition) is 4. The van der Waals surface area contributed by atoms with Gasteiger partial charge in [-0.15, -0.1) is 24.0 Å². The summed E-state index contributed by atoms with van der Waals surface area (Å²) in [5.41, 5.74) is 1.62. The SMILES string of the molecule is CN=C(NCc1ccc(OC)c(OC(F)F)c1)N1CC(C)OC(c2ccc(F)cc2)C1.I. The van der Waals surface area contributed by atoms with Crippen molar-refractivity contribution in [3.05, 3.63) is 59.4 Å². The summed E-state index contributed by atoms with van der Waals surface area (Å²) in [6.07, 6.45) is -0.288. The molecule has 176 valence electrons. The minimum atomic E-state index is -2.94. The lowest BCUT2D eigenvalue weighted by molar-refractivity contribution is -0.0605. The Hall–Kier alpha value is -2.21. The highest BCUT2D eigenvalue weighted by Crippen LogP contribution is 2.30. The number of rotatable bonds is 6. The molecule has 0 bridgehead atoms. The fraction of sp³-hybridized carbons (Fsp3) is 0.409. The first-order valence-corrected chi connectivity index (χ1v) is 9.87. The van der Waals surface area contributed by atoms with E-state index < -0.39 is 6.61 Å². The van der Waals surface area contributed by atoms with Crippen molar-refractivity contribution >= 4 is 29.9 Å². The van der Waals surface area contributed by atoms with Crippen LogP contribution in [0.25, 0.3) is 0 Å². The highest BCUT2D eigenvalue weighted by molar-refractivity contribution is 14.0. The molecule has 0 amide bonds. The molecule has 1 saturated heterocycles. The second-order valence-corrected chi connectivity index (χ2v) is 7.16. The predicted octanol–water partition coefficient (Wildman–Crippen LogP) is 4.59. The predicted molar refractivity (Wildman–Crippen MR) is 127 cm³/mol. The van der Waals surface area contributed by atoms with E-state index >= 15 is 0 Å². The summed E-state index contributed by atoms with van der Waals surface area (Å²) in [6, 6.07) is 11.1. The third-order valence-electron chi connectivity index (χ3n) is 4.91. The van der Waals surface area contributed by atoms with Crippen molar-refractivity contribution in [3.8, 4) is 11.5 Å². The van der Waals surface area contributed by atoms with Crippen LogP contribution in [0.4, 0.5) is 13.2 Å². The Morgan fingerprint density at radius 1 is 1.19 bits per heavy atom. The van der Waals surface area contributed by atoms with E-state index in [1.807, 2.05) is 6.92 Å². The zero-order valence-corrected chi connectivity index (χ0v) is 20.4. The minimum Gasteiger partial charge on any atom is -0.493 e. The van der Waals surface area contributed by atoms with E-state index in [4.69, 9.17) is 9.47 Å². The lowest BCUT2D eigenvalue weighted by atomic mass is 10.1. The van der Waals surface area contributed by atoms with Gasteiger partial charge in [0.25, 0.3) is 0 Å². The summed E-state index contributed by atoms with van der Waals surface area (Å²) >= 11 is 0. The summed E-state index contributed by atoms with van der Waals surface area (Å²) in [7, 11) is 3.07. The van der Waals surface area contributed by atoms with Crippen molar-refractivity contribution in [3.63, 3.8) is 0 Å². The van der Waals surface area contributed by atoms with Crippen LogP contribution in [-0.2, 0) is 11.3 Å². The number of guanidine groups is 1. The van der Waals surface area contributed by atoms with Crippen molar-refractivity contribution in [2.45, 2.75) is 32.3 Å². The van der Waals surface area contributed by atoms with Crippen LogP contribution in [0.3, 0.4) is 0 Å². The first-order chi connectivity index (χ1) is 14.9. The van der Waals surface area contributed by atoms with Gasteiger partial charge in [0.1, 0.15) is 11.9 Å². The molecule has 1 aliphatic rings. The standard InChI is InChI=1S/C22H26F3N3O3.HI/c1-14-12-28(13-20(30-14)16-5-7-17(23)8-6-16)22(26-2)27-11-15-4-9-18(29-3)19(10-15)31-21(24)25;/h4-10,14,20-21H,11-13H2,1-3H3,(H,26,27);1H. The molecule has 1 fully saturated rings. The average Bonchev–Trinajstić information content (AvgIpc) is 2.74. The second-order valence-electron chi connectivity index (χ2n) is 7.16. The van der Waals surface area contributed by atoms with Crippen molar-refractivity contribution in [2.24, 2.45) is 4.99 Å². The van der Waals surface area contributed by atoms with Gasteiger partial charge in [-0.2, -0.15) is 8.78 Å². The number of halogens is 4. The third-order valence-corrected chi connectivity index (χ3v) is 4.91. The van der Waals surface area contributed by atoms with Gasteiger partial charge in [-0.25, -0.2) is 4.39 Å². The number of alkyl halides is 2. The number of nitrogens with one attached hydrogen (secondary N) is 1. The molecule has 2 atom stereocenters. The molecular formula is C22H27F3IN3O3. The van der Waals surface area contributed by atoms with E-state index in [0.717, 1.165) is 11.1 Å². The monoisotopic (exact) mass is 565 g/mol. The molecule has 2 unspecified atom stereocenters. The zero-order valence-electron chi connectivity index (χ0n) is 18.1. The van der Waals surface area contributed by atoms with Crippen LogP contribution in [0.5, 0.6) is 11.5 Å². The number of ether oxygens (including phenoxy) is 3. The van der Waals surface area contributed by atoms with Crippen LogP contribution < -0.4 is 14.8 Å². The molecule has 2 aromatic carbocycles. The van der Waals surface area contributed by atoms with Gasteiger partial charge < -0.3 is 24.4 Å². The molecular weight excluding hydrogens is 538 g/mol. The maximum Gasteiger partial charge on any atom is 0.387 e. The number of methoxy groups -OCH3 is 1. The Morgan fingerprint density at radius 3 is 2.53 bits per heavy atom. The van der Waals surface area contributed by atoms with E-state index in [2.05, 4.69) is 19.9 Å². The molecule has 0 spiro atoms. The van der Waals surface area contributed by atoms with Gasteiger partial charge in [0, 0.05) is 20.1 Å². The van der Waals surface area contributed by atoms with E-state index in [-0.39, 0.29) is 53.5 Å². The minimum absolute atomic E-state index is 0. The molecule has 0 radical (unpaired) electrons. The van der Waals surface area contributed by atoms with Gasteiger partial charge >= 0.3 is 6.61 Å². The molecule has 3 rings (SSSR count). The first kappa shape index (κ1) is 26.0. The Bertz CT molecular complexity index is 900. The van der Waals surface area contributed by atoms with E-state index in [0.29, 0.717) is 25.6 Å². The maximum atomic E-state index is 13.3. The molecule has 10 heteroatoms. The summed E-state index contributed by atoms with van der Waals surface area (Å²) < 4.78 is 54.2. The largest absolute Gasteiger partial charge is 0.493 e. The van der Waals surface area contributed by atoms with Crippen molar-refractivity contribution in [1.29, 1.82) is 0 Å². The number of aliphatic imine (C=N–C) groups is 1. The van der Waals surface area contributed by atoms with E-state index in [9.17, 15) is 13.2 Å². The summed E-state index contributed by atoms with van der Waals surface area (Å²) in [5, 5.41) is 3.25. The van der Waals surface area contributed by atoms with Crippen LogP contribution in [0, 0.1) is 5.82 Å². The highest BCUT2D eigenvalue weighted by Gasteiger charge is 2.28. The van der Waals surface area contributed by atoms with Gasteiger partial charge in [-0.05, 0) is 42.3 Å². The van der Waals surface area contributed by atoms with Crippen molar-refractivity contribution in [1.82, 2.24) is 10.2 Å². The van der Waals surface area contributed by atoms with Gasteiger partial charge in [-0.3, -0.25) is 4.99 Å². The Morgan fingerprint density at radius 2 is 1.91 bits per heavy atom. The molecule has 6 nitrogen and oxygen atoms in total. The van der Waals surface area contributed by atoms with Crippen LogP contribution in [0.15, 0.2) is 47.5 Å². The van der Waals surface area contributed by atoms with Crippen LogP contribution in [0.1, 0.15) is 24.2 Å². The Balaban J connectivity index is 0.00000363. The topological polar surface area (TPSA) is 55.3 Å². The smallest absolute Gasteiger partial charge is 0.387 e. The number of nitrogens with zero attached hydrogens (tertiary/aromatic N) is 2. The summed E-state index contributed by atoms with van der Waals surface area (Å²) in [5.74, 6) is 0.562. The lowest BCUT2D eigenvalue weighted by Crippen LogP contribution is -2.50. The molecule has 32 heavy (non-hydrogen) atoms. The van der Waals surface area contributed by atoms with Gasteiger partial charge in [0.2, 0.25) is 0 Å². The fourth-order valence-corrected chi connectivity index (χ4v) is 3.52. The van der Waals surface area contributed by atoms with E-state index in [1.54, 1.807) is 31.3 Å². The molecule has 1 N–H and O–H groups in total. The Labute approximate surface area is 202 Å². The van der Waals surface area contributed by atoms with Gasteiger partial charge in [0.15, 0.2) is 17.5 Å². The zero-order chi connectivity index (χ0) is 22.4. The van der Waals surface area contributed by atoms with Crippen molar-refractivity contribution < 1.29 is 27.4 Å². The first-order valence-electron chi connectivity index (χ1n) is 9.87. The van der Waals surface area contributed by atoms with E-state index in [1.165, 1.54) is 25.3 Å². The Kier molecular flexibility index (Phi) is 9.88. The molecule has 0 aromatic heterocycles. The molecule has 1 aliphatic heterocycles. The fourth-order valence-electron chi connectivity index (χ4n) is 3.52. The molecule has 0 saturated carbocycles. The molecule has 1 heterocycles. The summed E-state index contributed by atoms with van der Waals surface area (Å²) in [4.78, 5) is 6.41. The third kappa shape index (κ3) is 6.89. The normalized spacial score (nSPS) is 18.8. The van der Waals surface area contributed by atoms with Gasteiger partial charge in [0.05, 0.1) is 19.8 Å². The maximum absolute atomic E-state index is 13.3. The second kappa shape index (κ2) is 12.1. The lowest BCUT2D eigenvalue weighted by Gasteiger charge is -2.38. The molecule has 2 aromatic rings. The highest BCUT2D eigenvalue weighted by atomic mass is 127. The molecule has 0 aliphatic carbocycles. The number of morpholine rings is 1. The average molecular weight is 565 g/mol. The van der Waals surface area contributed by atoms with Crippen LogP contribution >= 0.6 is 24.0 Å². The van der Waals surface area contributed by atoms with Crippen molar-refractivity contribution in [2.75, 3.05) is 27.2 Å². The van der Waals surface area contributed by atoms with Crippen LogP contribution in [0.2, 0.25) is 0 Å². The quantitative estimate of drug-likeness (QED) is 0.316. The van der Waals surface area contributed by atoms with Crippen LogP contribution in [-0.4, -0.2) is 50.8 Å².